The summed E-state index contributed by atoms with van der Waals surface area (Å²) in [5.74, 6) is -0.412. The molecule has 3 N–H and O–H groups in total. The number of nitrogens with one attached hydrogen (secondary N) is 2. The second kappa shape index (κ2) is 22.9. The summed E-state index contributed by atoms with van der Waals surface area (Å²) in [6, 6.07) is 12.2. The number of hydrogen-bond donors (Lipinski definition) is 3. The molecular formula is C55H72N8O10S. The molecule has 74 heavy (non-hydrogen) atoms. The Kier molecular flexibility index (Phi) is 16.9. The van der Waals surface area contributed by atoms with Crippen molar-refractivity contribution in [3.63, 3.8) is 0 Å². The molecule has 6 bridgehead atoms. The van der Waals surface area contributed by atoms with Crippen molar-refractivity contribution in [1.29, 1.82) is 0 Å². The number of phenols is 1. The number of ether oxygens (including phenoxy) is 3. The Labute approximate surface area is 435 Å². The van der Waals surface area contributed by atoms with Gasteiger partial charge in [0.25, 0.3) is 15.9 Å². The summed E-state index contributed by atoms with van der Waals surface area (Å²) in [6.45, 7) is 15.6. The van der Waals surface area contributed by atoms with E-state index in [4.69, 9.17) is 19.2 Å². The van der Waals surface area contributed by atoms with Crippen LogP contribution in [-0.4, -0.2) is 157 Å². The van der Waals surface area contributed by atoms with Gasteiger partial charge in [0, 0.05) is 93.2 Å². The van der Waals surface area contributed by atoms with Crippen molar-refractivity contribution in [2.45, 2.75) is 104 Å². The van der Waals surface area contributed by atoms with Crippen LogP contribution in [0.1, 0.15) is 83.7 Å². The third-order valence-electron chi connectivity index (χ3n) is 14.8. The van der Waals surface area contributed by atoms with E-state index in [9.17, 15) is 32.7 Å². The standard InChI is InChI=1S/C55H72N8O10S/c1-9-62-47-16-15-38-31-43(47)44(50(62)42-13-10-18-56-48(42)36(4)71-8)32-55(5,6)34-73-54(68)45-14-11-20-63(58-45)53(67)46(29-37-27-40(38)30-41(64)28-37)57-51(65)49(35(2)3)59(7)52(66)39-17-21-61(33-39)74(69,70)26-12-19-60-22-24-72-25-23-60/h10,13,15-16,18,27-28,30-31,35-36,39,45-46,49,58,64H,9,11,14,17,19-25,29,32-34H2,1-8H3,(H,57,65)/t36-,39-,45-,46-,49?/m0/s1. The van der Waals surface area contributed by atoms with E-state index in [0.717, 1.165) is 39.0 Å². The number of fused-ring (bicyclic) bond motifs is 6. The number of aromatic hydroxyl groups is 1. The Morgan fingerprint density at radius 1 is 1.04 bits per heavy atom. The quantitative estimate of drug-likeness (QED) is 0.136. The van der Waals surface area contributed by atoms with Crippen LogP contribution in [0.4, 0.5) is 0 Å². The van der Waals surface area contributed by atoms with Gasteiger partial charge in [-0.25, -0.2) is 5.43 Å². The average Bonchev–Trinajstić information content (AvgIpc) is 4.01. The van der Waals surface area contributed by atoms with Gasteiger partial charge >= 0.3 is 5.97 Å². The number of aromatic nitrogens is 2. The molecule has 4 aliphatic heterocycles. The highest BCUT2D eigenvalue weighted by atomic mass is 32.2. The number of carbonyl (C=O) groups excluding carboxylic acids is 4. The van der Waals surface area contributed by atoms with Crippen LogP contribution in [0.25, 0.3) is 33.3 Å². The molecule has 6 heterocycles. The van der Waals surface area contributed by atoms with Crippen LogP contribution >= 0.6 is 0 Å². The first-order valence-corrected chi connectivity index (χ1v) is 27.3. The molecule has 3 fully saturated rings. The lowest BCUT2D eigenvalue weighted by atomic mass is 9.84. The number of nitrogens with zero attached hydrogens (tertiary/aromatic N) is 6. The van der Waals surface area contributed by atoms with Crippen LogP contribution in [-0.2, 0) is 62.8 Å². The number of aryl methyl sites for hydroxylation is 1. The summed E-state index contributed by atoms with van der Waals surface area (Å²) in [5.41, 5.74) is 9.36. The SMILES string of the molecule is CCn1c(-c2cccnc2[C@H](C)OC)c2c3cc(ccc31)-c1cc(O)cc(c1)C[C@H](NC(=O)C(C(C)C)N(C)C(=O)[C@H]1CCN(S(=O)(=O)C#CCN3CCOCC3)C1)C(=O)N1CCC[C@H](N1)C(=O)OCC(C)(C)C2. The Hall–Kier alpha value is -5.88. The van der Waals surface area contributed by atoms with Gasteiger partial charge in [0.15, 0.2) is 0 Å². The number of esters is 1. The van der Waals surface area contributed by atoms with Gasteiger partial charge in [-0.3, -0.25) is 34.1 Å². The van der Waals surface area contributed by atoms with Gasteiger partial charge in [-0.15, -0.1) is 0 Å². The van der Waals surface area contributed by atoms with E-state index >= 15 is 0 Å². The van der Waals surface area contributed by atoms with Gasteiger partial charge in [-0.05, 0) is 104 Å². The maximum Gasteiger partial charge on any atom is 0.324 e. The van der Waals surface area contributed by atoms with Crippen LogP contribution in [0.2, 0.25) is 0 Å². The van der Waals surface area contributed by atoms with E-state index in [1.807, 2.05) is 30.0 Å². The first-order chi connectivity index (χ1) is 35.3. The second-order valence-corrected chi connectivity index (χ2v) is 22.9. The molecule has 0 saturated carbocycles. The van der Waals surface area contributed by atoms with Crippen molar-refractivity contribution < 1.29 is 46.9 Å². The first kappa shape index (κ1) is 54.4. The summed E-state index contributed by atoms with van der Waals surface area (Å²) in [6.07, 6.45) is 3.09. The summed E-state index contributed by atoms with van der Waals surface area (Å²) in [4.78, 5) is 65.9. The molecule has 0 aliphatic carbocycles. The Morgan fingerprint density at radius 2 is 1.81 bits per heavy atom. The second-order valence-electron chi connectivity index (χ2n) is 21.2. The summed E-state index contributed by atoms with van der Waals surface area (Å²) < 4.78 is 47.4. The minimum absolute atomic E-state index is 0.0359. The lowest BCUT2D eigenvalue weighted by Crippen LogP contribution is -2.62. The number of hydrogen-bond acceptors (Lipinski definition) is 13. The molecule has 398 valence electrons. The van der Waals surface area contributed by atoms with E-state index in [1.54, 1.807) is 39.3 Å². The molecule has 5 atom stereocenters. The first-order valence-electron chi connectivity index (χ1n) is 25.9. The molecule has 1 unspecified atom stereocenters. The molecule has 0 spiro atoms. The highest BCUT2D eigenvalue weighted by Crippen LogP contribution is 2.42. The third kappa shape index (κ3) is 12.0. The zero-order valence-electron chi connectivity index (χ0n) is 44.0. The fourth-order valence-electron chi connectivity index (χ4n) is 10.9. The van der Waals surface area contributed by atoms with Crippen LogP contribution in [0, 0.1) is 28.4 Å². The van der Waals surface area contributed by atoms with E-state index < -0.39 is 69.1 Å². The highest BCUT2D eigenvalue weighted by Gasteiger charge is 2.41. The molecule has 19 heteroatoms. The minimum Gasteiger partial charge on any atom is -0.508 e. The number of amides is 3. The van der Waals surface area contributed by atoms with E-state index in [1.165, 1.54) is 21.3 Å². The number of pyridine rings is 1. The number of methoxy groups -OCH3 is 1. The van der Waals surface area contributed by atoms with Gasteiger partial charge in [-0.1, -0.05) is 45.7 Å². The molecule has 3 amide bonds. The highest BCUT2D eigenvalue weighted by molar-refractivity contribution is 7.93. The number of cyclic esters (lactones) is 1. The zero-order valence-corrected chi connectivity index (χ0v) is 44.8. The molecule has 8 rings (SSSR count). The van der Waals surface area contributed by atoms with Gasteiger partial charge in [0.1, 0.15) is 23.9 Å². The van der Waals surface area contributed by atoms with Crippen LogP contribution < -0.4 is 10.7 Å². The van der Waals surface area contributed by atoms with Crippen LogP contribution in [0.3, 0.4) is 0 Å². The van der Waals surface area contributed by atoms with Crippen LogP contribution in [0.5, 0.6) is 5.75 Å². The summed E-state index contributed by atoms with van der Waals surface area (Å²) >= 11 is 0. The minimum atomic E-state index is -3.98. The molecule has 0 radical (unpaired) electrons. The number of benzene rings is 2. The summed E-state index contributed by atoms with van der Waals surface area (Å²) in [7, 11) is -0.787. The molecule has 4 aromatic rings. The van der Waals surface area contributed by atoms with Crippen molar-refractivity contribution in [1.82, 2.24) is 39.4 Å². The van der Waals surface area contributed by atoms with Crippen molar-refractivity contribution in [3.8, 4) is 39.3 Å². The van der Waals surface area contributed by atoms with Crippen molar-refractivity contribution >= 4 is 44.6 Å². The Balaban J connectivity index is 1.12. The van der Waals surface area contributed by atoms with Gasteiger partial charge in [0.05, 0.1) is 49.8 Å². The zero-order chi connectivity index (χ0) is 53.1. The predicted molar refractivity (Wildman–Crippen MR) is 280 cm³/mol. The smallest absolute Gasteiger partial charge is 0.324 e. The summed E-state index contributed by atoms with van der Waals surface area (Å²) in [5, 5.41) is 19.2. The van der Waals surface area contributed by atoms with Gasteiger partial charge < -0.3 is 34.1 Å². The van der Waals surface area contributed by atoms with Crippen molar-refractivity contribution in [3.05, 3.63) is 71.5 Å². The molecular weight excluding hydrogens is 965 g/mol. The van der Waals surface area contributed by atoms with Crippen molar-refractivity contribution in [2.75, 3.05) is 73.2 Å². The molecule has 4 aliphatic rings. The fraction of sp³-hybridized carbons (Fsp3) is 0.545. The number of phenolic OH excluding ortho intramolecular Hbond substituents is 1. The maximum absolute atomic E-state index is 14.8. The lowest BCUT2D eigenvalue weighted by Gasteiger charge is -2.37. The van der Waals surface area contributed by atoms with Crippen molar-refractivity contribution in [2.24, 2.45) is 17.3 Å². The van der Waals surface area contributed by atoms with Gasteiger partial charge in [0.2, 0.25) is 11.8 Å². The fourth-order valence-corrected chi connectivity index (χ4v) is 12.0. The normalized spacial score (nSPS) is 21.9. The van der Waals surface area contributed by atoms with E-state index in [0.29, 0.717) is 69.8 Å². The number of likely N-dealkylation sites (N-methyl/N-ethyl adjacent to an activating group) is 1. The van der Waals surface area contributed by atoms with E-state index in [2.05, 4.69) is 65.5 Å². The molecule has 2 aromatic heterocycles. The lowest BCUT2D eigenvalue weighted by molar-refractivity contribution is -0.155. The van der Waals surface area contributed by atoms with Gasteiger partial charge in [-0.2, -0.15) is 12.7 Å². The topological polar surface area (TPSA) is 205 Å². The molecule has 3 saturated heterocycles. The number of rotatable bonds is 11. The monoisotopic (exact) mass is 1040 g/mol. The largest absolute Gasteiger partial charge is 0.508 e. The average molecular weight is 1040 g/mol. The number of hydrazine groups is 1. The third-order valence-corrected chi connectivity index (χ3v) is 16.2. The van der Waals surface area contributed by atoms with Crippen LogP contribution in [0.15, 0.2) is 54.7 Å². The number of sulfonamides is 1. The predicted octanol–water partition coefficient (Wildman–Crippen LogP) is 4.88. The number of carbonyl (C=O) groups is 4. The number of morpholine rings is 1. The Bertz CT molecular complexity index is 2920. The molecule has 18 nitrogen and oxygen atoms in total. The Morgan fingerprint density at radius 3 is 2.54 bits per heavy atom. The molecule has 2 aromatic carbocycles. The maximum atomic E-state index is 14.8. The van der Waals surface area contributed by atoms with E-state index in [-0.39, 0.29) is 50.9 Å².